The smallest absolute Gasteiger partial charge is 0.254 e. The zero-order valence-corrected chi connectivity index (χ0v) is 11.7. The summed E-state index contributed by atoms with van der Waals surface area (Å²) in [4.78, 5) is 27.6. The second-order valence-corrected chi connectivity index (χ2v) is 4.82. The van der Waals surface area contributed by atoms with Crippen LogP contribution in [0.1, 0.15) is 24.2 Å². The van der Waals surface area contributed by atoms with Crippen LogP contribution in [0.3, 0.4) is 0 Å². The van der Waals surface area contributed by atoms with Crippen molar-refractivity contribution < 1.29 is 9.59 Å². The number of anilines is 1. The van der Waals surface area contributed by atoms with Crippen molar-refractivity contribution in [2.75, 3.05) is 26.0 Å². The maximum absolute atomic E-state index is 12.1. The van der Waals surface area contributed by atoms with Crippen LogP contribution in [0.5, 0.6) is 0 Å². The second kappa shape index (κ2) is 6.17. The molecule has 19 heavy (non-hydrogen) atoms. The molecule has 0 aliphatic heterocycles. The Kier molecular flexibility index (Phi) is 4.86. The number of hydrogen-bond acceptors (Lipinski definition) is 4. The predicted octanol–water partition coefficient (Wildman–Crippen LogP) is 0.625. The molecule has 0 spiro atoms. The van der Waals surface area contributed by atoms with E-state index < -0.39 is 5.41 Å². The molecule has 0 atom stereocenters. The average Bonchev–Trinajstić information content (AvgIpc) is 2.43. The molecule has 1 aromatic heterocycles. The minimum atomic E-state index is -0.660. The van der Waals surface area contributed by atoms with Crippen molar-refractivity contribution in [3.63, 3.8) is 0 Å². The number of pyridine rings is 1. The van der Waals surface area contributed by atoms with Crippen LogP contribution in [0.2, 0.25) is 0 Å². The van der Waals surface area contributed by atoms with E-state index in [1.165, 1.54) is 6.20 Å². The molecule has 6 heteroatoms. The molecule has 0 aliphatic rings. The zero-order chi connectivity index (χ0) is 14.5. The molecule has 6 nitrogen and oxygen atoms in total. The fourth-order valence-electron chi connectivity index (χ4n) is 1.61. The molecule has 0 fully saturated rings. The van der Waals surface area contributed by atoms with Gasteiger partial charge in [0.2, 0.25) is 5.91 Å². The van der Waals surface area contributed by atoms with Crippen molar-refractivity contribution in [2.24, 2.45) is 5.41 Å². The van der Waals surface area contributed by atoms with Crippen molar-refractivity contribution >= 4 is 17.5 Å². The van der Waals surface area contributed by atoms with Gasteiger partial charge in [0, 0.05) is 38.7 Å². The maximum Gasteiger partial charge on any atom is 0.254 e. The summed E-state index contributed by atoms with van der Waals surface area (Å²) in [6.45, 7) is 3.80. The summed E-state index contributed by atoms with van der Waals surface area (Å²) >= 11 is 0. The number of nitrogens with zero attached hydrogens (tertiary/aromatic N) is 1. The summed E-state index contributed by atoms with van der Waals surface area (Å²) in [6, 6.07) is 1.72. The fraction of sp³-hybridized carbons (Fsp3) is 0.462. The Balaban J connectivity index is 2.73. The molecule has 1 aromatic rings. The van der Waals surface area contributed by atoms with Crippen molar-refractivity contribution in [1.29, 1.82) is 0 Å². The van der Waals surface area contributed by atoms with Crippen LogP contribution in [0.25, 0.3) is 0 Å². The summed E-state index contributed by atoms with van der Waals surface area (Å²) in [5, 5.41) is 8.25. The van der Waals surface area contributed by atoms with E-state index in [9.17, 15) is 9.59 Å². The third-order valence-electron chi connectivity index (χ3n) is 2.87. The third-order valence-corrected chi connectivity index (χ3v) is 2.87. The Morgan fingerprint density at radius 1 is 1.32 bits per heavy atom. The Hall–Kier alpha value is -2.11. The first-order valence-electron chi connectivity index (χ1n) is 6.04. The third kappa shape index (κ3) is 3.67. The van der Waals surface area contributed by atoms with Crippen LogP contribution in [0, 0.1) is 5.41 Å². The normalized spacial score (nSPS) is 10.7. The summed E-state index contributed by atoms with van der Waals surface area (Å²) in [5.74, 6) is -0.373. The lowest BCUT2D eigenvalue weighted by Gasteiger charge is -2.23. The molecule has 0 unspecified atom stereocenters. The predicted molar refractivity (Wildman–Crippen MR) is 74.0 cm³/mol. The average molecular weight is 264 g/mol. The Labute approximate surface area is 113 Å². The second-order valence-electron chi connectivity index (χ2n) is 4.82. The van der Waals surface area contributed by atoms with E-state index in [2.05, 4.69) is 20.9 Å². The van der Waals surface area contributed by atoms with Gasteiger partial charge in [0.1, 0.15) is 0 Å². The van der Waals surface area contributed by atoms with Gasteiger partial charge in [-0.05, 0) is 19.9 Å². The molecule has 0 radical (unpaired) electrons. The molecule has 104 valence electrons. The highest BCUT2D eigenvalue weighted by Gasteiger charge is 2.27. The molecule has 1 rings (SSSR count). The molecule has 3 N–H and O–H groups in total. The molecular formula is C13H20N4O2. The Bertz CT molecular complexity index is 471. The summed E-state index contributed by atoms with van der Waals surface area (Å²) in [6.07, 6.45) is 3.10. The lowest BCUT2D eigenvalue weighted by molar-refractivity contribution is -0.128. The molecule has 0 saturated carbocycles. The standard InChI is InChI=1S/C13H20N4O2/c1-13(2,12(19)15-4)8-17-11(18)9-7-16-6-5-10(9)14-3/h5-7H,8H2,1-4H3,(H,14,16)(H,15,19)(H,17,18). The van der Waals surface area contributed by atoms with Crippen LogP contribution in [0.4, 0.5) is 5.69 Å². The van der Waals surface area contributed by atoms with Gasteiger partial charge in [-0.25, -0.2) is 0 Å². The van der Waals surface area contributed by atoms with Gasteiger partial charge in [0.05, 0.1) is 11.0 Å². The van der Waals surface area contributed by atoms with Crippen LogP contribution in [0.15, 0.2) is 18.5 Å². The van der Waals surface area contributed by atoms with E-state index >= 15 is 0 Å². The summed E-state index contributed by atoms with van der Waals surface area (Å²) < 4.78 is 0. The molecule has 0 saturated heterocycles. The first-order chi connectivity index (χ1) is 8.92. The van der Waals surface area contributed by atoms with Crippen molar-refractivity contribution in [2.45, 2.75) is 13.8 Å². The van der Waals surface area contributed by atoms with Crippen LogP contribution in [-0.4, -0.2) is 37.4 Å². The molecular weight excluding hydrogens is 244 g/mol. The first kappa shape index (κ1) is 14.9. The number of aromatic nitrogens is 1. The van der Waals surface area contributed by atoms with Crippen molar-refractivity contribution in [3.05, 3.63) is 24.0 Å². The van der Waals surface area contributed by atoms with Crippen molar-refractivity contribution in [3.8, 4) is 0 Å². The van der Waals surface area contributed by atoms with E-state index in [4.69, 9.17) is 0 Å². The molecule has 0 aliphatic carbocycles. The summed E-state index contributed by atoms with van der Waals surface area (Å²) in [5.41, 5.74) is 0.495. The molecule has 0 bridgehead atoms. The maximum atomic E-state index is 12.1. The van der Waals surface area contributed by atoms with Gasteiger partial charge < -0.3 is 16.0 Å². The van der Waals surface area contributed by atoms with E-state index in [-0.39, 0.29) is 18.4 Å². The SMILES string of the molecule is CNC(=O)C(C)(C)CNC(=O)c1cnccc1NC. The largest absolute Gasteiger partial charge is 0.387 e. The lowest BCUT2D eigenvalue weighted by Crippen LogP contribution is -2.43. The number of hydrogen-bond donors (Lipinski definition) is 3. The molecule has 2 amide bonds. The minimum absolute atomic E-state index is 0.118. The Morgan fingerprint density at radius 3 is 2.58 bits per heavy atom. The fourth-order valence-corrected chi connectivity index (χ4v) is 1.61. The van der Waals surface area contributed by atoms with Crippen LogP contribution < -0.4 is 16.0 Å². The quantitative estimate of drug-likeness (QED) is 0.728. The van der Waals surface area contributed by atoms with E-state index in [0.717, 1.165) is 0 Å². The highest BCUT2D eigenvalue weighted by molar-refractivity contribution is 5.99. The van der Waals surface area contributed by atoms with Gasteiger partial charge in [0.25, 0.3) is 5.91 Å². The van der Waals surface area contributed by atoms with Gasteiger partial charge in [-0.3, -0.25) is 14.6 Å². The molecule has 0 aromatic carbocycles. The lowest BCUT2D eigenvalue weighted by atomic mass is 9.92. The number of carbonyl (C=O) groups excluding carboxylic acids is 2. The monoisotopic (exact) mass is 264 g/mol. The Morgan fingerprint density at radius 2 is 2.00 bits per heavy atom. The summed E-state index contributed by atoms with van der Waals surface area (Å²) in [7, 11) is 3.31. The number of carbonyl (C=O) groups is 2. The number of rotatable bonds is 5. The van der Waals surface area contributed by atoms with Gasteiger partial charge in [-0.15, -0.1) is 0 Å². The number of amides is 2. The first-order valence-corrected chi connectivity index (χ1v) is 6.04. The van der Waals surface area contributed by atoms with Gasteiger partial charge in [0.15, 0.2) is 0 Å². The van der Waals surface area contributed by atoms with Crippen LogP contribution in [-0.2, 0) is 4.79 Å². The topological polar surface area (TPSA) is 83.1 Å². The van der Waals surface area contributed by atoms with Crippen LogP contribution >= 0.6 is 0 Å². The van der Waals surface area contributed by atoms with Gasteiger partial charge >= 0.3 is 0 Å². The highest BCUT2D eigenvalue weighted by atomic mass is 16.2. The number of nitrogens with one attached hydrogen (secondary N) is 3. The highest BCUT2D eigenvalue weighted by Crippen LogP contribution is 2.15. The minimum Gasteiger partial charge on any atom is -0.387 e. The van der Waals surface area contributed by atoms with Crippen molar-refractivity contribution in [1.82, 2.24) is 15.6 Å². The van der Waals surface area contributed by atoms with E-state index in [1.807, 2.05) is 0 Å². The van der Waals surface area contributed by atoms with Gasteiger partial charge in [-0.1, -0.05) is 0 Å². The van der Waals surface area contributed by atoms with E-state index in [1.54, 1.807) is 40.2 Å². The van der Waals surface area contributed by atoms with Gasteiger partial charge in [-0.2, -0.15) is 0 Å². The molecule has 1 heterocycles. The zero-order valence-electron chi connectivity index (χ0n) is 11.7. The van der Waals surface area contributed by atoms with E-state index in [0.29, 0.717) is 11.3 Å².